The fourth-order valence-electron chi connectivity index (χ4n) is 3.30. The first-order chi connectivity index (χ1) is 13.3. The fourth-order valence-corrected chi connectivity index (χ4v) is 3.30. The van der Waals surface area contributed by atoms with Crippen LogP contribution in [-0.2, 0) is 12.8 Å². The van der Waals surface area contributed by atoms with E-state index in [1.54, 1.807) is 7.05 Å². The van der Waals surface area contributed by atoms with E-state index in [4.69, 9.17) is 9.47 Å². The zero-order valence-electron chi connectivity index (χ0n) is 15.4. The number of aliphatic imine (C=N–C) groups is 1. The van der Waals surface area contributed by atoms with Gasteiger partial charge in [-0.3, -0.25) is 4.99 Å². The van der Waals surface area contributed by atoms with E-state index in [0.29, 0.717) is 6.79 Å². The molecular weight excluding hydrogens is 340 g/mol. The van der Waals surface area contributed by atoms with Gasteiger partial charge in [-0.2, -0.15) is 0 Å². The Balaban J connectivity index is 1.24. The summed E-state index contributed by atoms with van der Waals surface area (Å²) in [5.41, 5.74) is 3.70. The zero-order chi connectivity index (χ0) is 18.5. The molecule has 4 rings (SSSR count). The van der Waals surface area contributed by atoms with Crippen LogP contribution in [0.15, 0.2) is 53.7 Å². The summed E-state index contributed by atoms with van der Waals surface area (Å²) in [6.45, 7) is 1.93. The standard InChI is InChI=1S/C21H24N4O2/c1-22-21(23-10-8-15-6-7-19-20(12-15)27-14-26-19)24-11-9-16-13-25-18-5-3-2-4-17(16)18/h2-7,12-13,25H,8-11,14H2,1H3,(H2,22,23,24). The van der Waals surface area contributed by atoms with Crippen molar-refractivity contribution >= 4 is 16.9 Å². The molecule has 0 amide bonds. The molecule has 2 aromatic carbocycles. The summed E-state index contributed by atoms with van der Waals surface area (Å²) >= 11 is 0. The van der Waals surface area contributed by atoms with Gasteiger partial charge in [0.25, 0.3) is 0 Å². The minimum absolute atomic E-state index is 0.310. The van der Waals surface area contributed by atoms with Crippen molar-refractivity contribution in [1.29, 1.82) is 0 Å². The van der Waals surface area contributed by atoms with Gasteiger partial charge in [0.2, 0.25) is 6.79 Å². The zero-order valence-corrected chi connectivity index (χ0v) is 15.4. The highest BCUT2D eigenvalue weighted by atomic mass is 16.7. The summed E-state index contributed by atoms with van der Waals surface area (Å²) in [4.78, 5) is 7.62. The lowest BCUT2D eigenvalue weighted by Gasteiger charge is -2.12. The average molecular weight is 364 g/mol. The molecule has 1 aromatic heterocycles. The Hall–Kier alpha value is -3.15. The molecule has 6 heteroatoms. The summed E-state index contributed by atoms with van der Waals surface area (Å²) in [5.74, 6) is 2.46. The van der Waals surface area contributed by atoms with E-state index in [-0.39, 0.29) is 0 Å². The Morgan fingerprint density at radius 3 is 2.74 bits per heavy atom. The van der Waals surface area contributed by atoms with Crippen molar-refractivity contribution in [2.24, 2.45) is 4.99 Å². The van der Waals surface area contributed by atoms with Crippen LogP contribution in [0.5, 0.6) is 11.5 Å². The Kier molecular flexibility index (Phi) is 5.14. The number of H-pyrrole nitrogens is 1. The molecule has 1 aliphatic rings. The van der Waals surface area contributed by atoms with Crippen LogP contribution in [0.2, 0.25) is 0 Å². The van der Waals surface area contributed by atoms with Crippen LogP contribution in [0.4, 0.5) is 0 Å². The van der Waals surface area contributed by atoms with Gasteiger partial charge in [-0.1, -0.05) is 24.3 Å². The third-order valence-corrected chi connectivity index (χ3v) is 4.73. The molecule has 1 aliphatic heterocycles. The van der Waals surface area contributed by atoms with E-state index in [9.17, 15) is 0 Å². The van der Waals surface area contributed by atoms with E-state index in [0.717, 1.165) is 43.4 Å². The molecule has 3 N–H and O–H groups in total. The van der Waals surface area contributed by atoms with Crippen molar-refractivity contribution in [3.05, 3.63) is 59.8 Å². The first kappa shape index (κ1) is 17.3. The maximum Gasteiger partial charge on any atom is 0.231 e. The number of hydrogen-bond donors (Lipinski definition) is 3. The lowest BCUT2D eigenvalue weighted by Crippen LogP contribution is -2.39. The van der Waals surface area contributed by atoms with Gasteiger partial charge >= 0.3 is 0 Å². The second-order valence-corrected chi connectivity index (χ2v) is 6.47. The molecule has 0 fully saturated rings. The molecule has 0 spiro atoms. The monoisotopic (exact) mass is 364 g/mol. The Morgan fingerprint density at radius 2 is 1.85 bits per heavy atom. The molecule has 0 radical (unpaired) electrons. The molecule has 3 aromatic rings. The largest absolute Gasteiger partial charge is 0.454 e. The van der Waals surface area contributed by atoms with Crippen molar-refractivity contribution in [2.75, 3.05) is 26.9 Å². The quantitative estimate of drug-likeness (QED) is 0.465. The van der Waals surface area contributed by atoms with Crippen LogP contribution in [0.3, 0.4) is 0 Å². The molecule has 27 heavy (non-hydrogen) atoms. The lowest BCUT2D eigenvalue weighted by atomic mass is 10.1. The normalized spacial score (nSPS) is 13.1. The molecule has 0 atom stereocenters. The second kappa shape index (κ2) is 8.03. The summed E-state index contributed by atoms with van der Waals surface area (Å²) < 4.78 is 10.8. The number of para-hydroxylation sites is 1. The Labute approximate surface area is 158 Å². The third kappa shape index (κ3) is 4.00. The van der Waals surface area contributed by atoms with E-state index >= 15 is 0 Å². The van der Waals surface area contributed by atoms with Crippen LogP contribution in [0, 0.1) is 0 Å². The molecule has 0 aliphatic carbocycles. The van der Waals surface area contributed by atoms with Gasteiger partial charge in [0.05, 0.1) is 0 Å². The lowest BCUT2D eigenvalue weighted by molar-refractivity contribution is 0.174. The van der Waals surface area contributed by atoms with E-state index < -0.39 is 0 Å². The summed E-state index contributed by atoms with van der Waals surface area (Å²) in [7, 11) is 1.79. The first-order valence-electron chi connectivity index (χ1n) is 9.21. The predicted octanol–water partition coefficient (Wildman–Crippen LogP) is 2.85. The number of fused-ring (bicyclic) bond motifs is 2. The Bertz CT molecular complexity index is 948. The van der Waals surface area contributed by atoms with Gasteiger partial charge in [-0.15, -0.1) is 0 Å². The molecule has 0 saturated heterocycles. The Morgan fingerprint density at radius 1 is 1.04 bits per heavy atom. The molecule has 0 bridgehead atoms. The van der Waals surface area contributed by atoms with E-state index in [1.807, 2.05) is 18.2 Å². The van der Waals surface area contributed by atoms with Gasteiger partial charge in [0.15, 0.2) is 17.5 Å². The number of nitrogens with zero attached hydrogens (tertiary/aromatic N) is 1. The van der Waals surface area contributed by atoms with Crippen LogP contribution < -0.4 is 20.1 Å². The number of nitrogens with one attached hydrogen (secondary N) is 3. The molecule has 6 nitrogen and oxygen atoms in total. The van der Waals surface area contributed by atoms with E-state index in [1.165, 1.54) is 22.0 Å². The van der Waals surface area contributed by atoms with Crippen molar-refractivity contribution in [3.63, 3.8) is 0 Å². The number of aromatic amines is 1. The minimum atomic E-state index is 0.310. The third-order valence-electron chi connectivity index (χ3n) is 4.73. The number of hydrogen-bond acceptors (Lipinski definition) is 3. The smallest absolute Gasteiger partial charge is 0.231 e. The minimum Gasteiger partial charge on any atom is -0.454 e. The number of aromatic nitrogens is 1. The van der Waals surface area contributed by atoms with Gasteiger partial charge in [0.1, 0.15) is 0 Å². The number of benzene rings is 2. The van der Waals surface area contributed by atoms with Gasteiger partial charge in [-0.05, 0) is 42.2 Å². The van der Waals surface area contributed by atoms with Crippen LogP contribution in [-0.4, -0.2) is 37.9 Å². The number of guanidine groups is 1. The van der Waals surface area contributed by atoms with Crippen LogP contribution >= 0.6 is 0 Å². The fraction of sp³-hybridized carbons (Fsp3) is 0.286. The SMILES string of the molecule is CN=C(NCCc1ccc2c(c1)OCO2)NCCc1c[nH]c2ccccc12. The van der Waals surface area contributed by atoms with Crippen molar-refractivity contribution in [2.45, 2.75) is 12.8 Å². The van der Waals surface area contributed by atoms with Crippen molar-refractivity contribution in [1.82, 2.24) is 15.6 Å². The van der Waals surface area contributed by atoms with Crippen LogP contribution in [0.1, 0.15) is 11.1 Å². The predicted molar refractivity (Wildman–Crippen MR) is 108 cm³/mol. The average Bonchev–Trinajstić information content (AvgIpc) is 3.33. The van der Waals surface area contributed by atoms with Gasteiger partial charge in [0, 0.05) is 37.2 Å². The maximum absolute atomic E-state index is 5.43. The molecular formula is C21H24N4O2. The van der Waals surface area contributed by atoms with Crippen molar-refractivity contribution < 1.29 is 9.47 Å². The van der Waals surface area contributed by atoms with Crippen LogP contribution in [0.25, 0.3) is 10.9 Å². The summed E-state index contributed by atoms with van der Waals surface area (Å²) in [6, 6.07) is 14.4. The highest BCUT2D eigenvalue weighted by Gasteiger charge is 2.13. The summed E-state index contributed by atoms with van der Waals surface area (Å²) in [6.07, 6.45) is 3.91. The van der Waals surface area contributed by atoms with Gasteiger partial charge < -0.3 is 25.1 Å². The molecule has 140 valence electrons. The second-order valence-electron chi connectivity index (χ2n) is 6.47. The summed E-state index contributed by atoms with van der Waals surface area (Å²) in [5, 5.41) is 8.02. The topological polar surface area (TPSA) is 70.7 Å². The van der Waals surface area contributed by atoms with E-state index in [2.05, 4.69) is 51.1 Å². The number of ether oxygens (including phenoxy) is 2. The first-order valence-corrected chi connectivity index (χ1v) is 9.21. The van der Waals surface area contributed by atoms with Crippen molar-refractivity contribution in [3.8, 4) is 11.5 Å². The maximum atomic E-state index is 5.43. The number of rotatable bonds is 6. The van der Waals surface area contributed by atoms with Gasteiger partial charge in [-0.25, -0.2) is 0 Å². The molecule has 0 unspecified atom stereocenters. The molecule has 0 saturated carbocycles. The molecule has 2 heterocycles. The highest BCUT2D eigenvalue weighted by molar-refractivity contribution is 5.83. The highest BCUT2D eigenvalue weighted by Crippen LogP contribution is 2.32.